The minimum Gasteiger partial charge on any atom is -0.394 e. The number of aliphatic hydroxyl groups is 2. The summed E-state index contributed by atoms with van der Waals surface area (Å²) in [5.41, 5.74) is 5.12. The summed E-state index contributed by atoms with van der Waals surface area (Å²) in [7, 11) is -4.65. The van der Waals surface area contributed by atoms with Crippen LogP contribution >= 0.6 is 7.82 Å². The second-order valence-electron chi connectivity index (χ2n) is 2.46. The molecule has 0 aliphatic heterocycles. The molecule has 6 N–H and O–H groups in total. The molecule has 0 heterocycles. The minimum atomic E-state index is -4.65. The molecule has 8 heteroatoms. The lowest BCUT2D eigenvalue weighted by molar-refractivity contribution is -0.0157. The van der Waals surface area contributed by atoms with Gasteiger partial charge in [-0.1, -0.05) is 0 Å². The lowest BCUT2D eigenvalue weighted by Gasteiger charge is -2.21. The molecule has 0 aliphatic carbocycles. The van der Waals surface area contributed by atoms with Crippen LogP contribution in [0.5, 0.6) is 0 Å². The summed E-state index contributed by atoms with van der Waals surface area (Å²) in [5.74, 6) is 0. The van der Waals surface area contributed by atoms with Gasteiger partial charge >= 0.3 is 7.82 Å². The largest absolute Gasteiger partial charge is 0.469 e. The van der Waals surface area contributed by atoms with Crippen LogP contribution in [-0.4, -0.2) is 45.4 Å². The fourth-order valence-corrected chi connectivity index (χ4v) is 1.37. The predicted octanol–water partition coefficient (Wildman–Crippen LogP) is -1.83. The number of phosphoric acid groups is 1. The van der Waals surface area contributed by atoms with E-state index in [1.54, 1.807) is 0 Å². The number of rotatable bonds is 6. The molecule has 7 nitrogen and oxygen atoms in total. The molecule has 0 aromatic carbocycles. The second kappa shape index (κ2) is 5.66. The van der Waals surface area contributed by atoms with Crippen molar-refractivity contribution in [1.82, 2.24) is 0 Å². The average Bonchev–Trinajstić information content (AvgIpc) is 2.00. The van der Waals surface area contributed by atoms with Gasteiger partial charge in [0.2, 0.25) is 0 Å². The van der Waals surface area contributed by atoms with E-state index in [0.29, 0.717) is 0 Å². The predicted molar refractivity (Wildman–Crippen MR) is 43.7 cm³/mol. The quantitative estimate of drug-likeness (QED) is 0.329. The normalized spacial score (nSPS) is 17.0. The molecule has 0 aliphatic rings. The van der Waals surface area contributed by atoms with Gasteiger partial charge in [0.15, 0.2) is 0 Å². The highest BCUT2D eigenvalue weighted by Crippen LogP contribution is 2.38. The lowest BCUT2D eigenvalue weighted by atomic mass is 10.1. The first-order valence-corrected chi connectivity index (χ1v) is 5.16. The zero-order chi connectivity index (χ0) is 10.5. The Balaban J connectivity index is 4.17. The monoisotopic (exact) mass is 215 g/mol. The topological polar surface area (TPSA) is 133 Å². The van der Waals surface area contributed by atoms with Gasteiger partial charge in [-0.3, -0.25) is 4.52 Å². The van der Waals surface area contributed by atoms with Gasteiger partial charge < -0.3 is 25.7 Å². The van der Waals surface area contributed by atoms with Crippen LogP contribution in [0.1, 0.15) is 6.42 Å². The fraction of sp³-hybridized carbons (Fsp3) is 1.00. The average molecular weight is 215 g/mol. The van der Waals surface area contributed by atoms with Crippen molar-refractivity contribution in [2.75, 3.05) is 13.2 Å². The Hall–Kier alpha value is -0.0100. The molecule has 0 aromatic heterocycles. The number of hydrogen-bond acceptors (Lipinski definition) is 5. The molecule has 0 aromatic rings. The van der Waals surface area contributed by atoms with Crippen molar-refractivity contribution in [3.8, 4) is 0 Å². The summed E-state index contributed by atoms with van der Waals surface area (Å²) < 4.78 is 14.6. The Bertz CT molecular complexity index is 182. The van der Waals surface area contributed by atoms with Crippen LogP contribution in [-0.2, 0) is 9.09 Å². The van der Waals surface area contributed by atoms with E-state index in [4.69, 9.17) is 25.7 Å². The zero-order valence-electron chi connectivity index (χ0n) is 6.91. The Morgan fingerprint density at radius 3 is 2.31 bits per heavy atom. The maximum Gasteiger partial charge on any atom is 0.469 e. The molecular weight excluding hydrogens is 201 g/mol. The van der Waals surface area contributed by atoms with Gasteiger partial charge in [-0.05, 0) is 13.0 Å². The molecule has 13 heavy (non-hydrogen) atoms. The lowest BCUT2D eigenvalue weighted by Crippen LogP contribution is -2.33. The highest BCUT2D eigenvalue weighted by molar-refractivity contribution is 7.46. The Morgan fingerprint density at radius 2 is 2.00 bits per heavy atom. The van der Waals surface area contributed by atoms with Gasteiger partial charge in [0.1, 0.15) is 6.10 Å². The van der Waals surface area contributed by atoms with E-state index in [1.807, 2.05) is 0 Å². The van der Waals surface area contributed by atoms with Crippen LogP contribution in [0.2, 0.25) is 0 Å². The molecule has 0 saturated heterocycles. The summed E-state index contributed by atoms with van der Waals surface area (Å²) in [6, 6.07) is 0. The second-order valence-corrected chi connectivity index (χ2v) is 3.65. The molecule has 0 radical (unpaired) electrons. The minimum absolute atomic E-state index is 0.0623. The maximum absolute atomic E-state index is 10.4. The van der Waals surface area contributed by atoms with E-state index in [1.165, 1.54) is 0 Å². The summed E-state index contributed by atoms with van der Waals surface area (Å²) in [4.78, 5) is 16.8. The maximum atomic E-state index is 10.4. The fourth-order valence-electron chi connectivity index (χ4n) is 0.774. The highest BCUT2D eigenvalue weighted by Gasteiger charge is 2.27. The van der Waals surface area contributed by atoms with Gasteiger partial charge in [-0.15, -0.1) is 0 Å². The van der Waals surface area contributed by atoms with Crippen LogP contribution < -0.4 is 5.73 Å². The molecule has 80 valence electrons. The van der Waals surface area contributed by atoms with Crippen molar-refractivity contribution in [3.63, 3.8) is 0 Å². The zero-order valence-corrected chi connectivity index (χ0v) is 7.80. The number of hydrogen-bond donors (Lipinski definition) is 5. The third-order valence-corrected chi connectivity index (χ3v) is 1.89. The van der Waals surface area contributed by atoms with Crippen LogP contribution in [0.4, 0.5) is 0 Å². The Labute approximate surface area is 75.4 Å². The summed E-state index contributed by atoms with van der Waals surface area (Å²) in [6.45, 7) is -0.535. The Morgan fingerprint density at radius 1 is 1.46 bits per heavy atom. The van der Waals surface area contributed by atoms with Gasteiger partial charge in [-0.25, -0.2) is 4.57 Å². The van der Waals surface area contributed by atoms with Crippen molar-refractivity contribution in [2.24, 2.45) is 5.73 Å². The molecule has 0 spiro atoms. The first-order valence-electron chi connectivity index (χ1n) is 3.63. The summed E-state index contributed by atoms with van der Waals surface area (Å²) >= 11 is 0. The van der Waals surface area contributed by atoms with Crippen LogP contribution in [0.25, 0.3) is 0 Å². The van der Waals surface area contributed by atoms with Crippen molar-refractivity contribution >= 4 is 7.82 Å². The number of phosphoric ester groups is 1. The van der Waals surface area contributed by atoms with Gasteiger partial charge in [-0.2, -0.15) is 0 Å². The summed E-state index contributed by atoms with van der Waals surface area (Å²) in [5, 5.41) is 17.5. The van der Waals surface area contributed by atoms with Crippen molar-refractivity contribution in [3.05, 3.63) is 0 Å². The summed E-state index contributed by atoms with van der Waals surface area (Å²) in [6.07, 6.45) is -2.42. The van der Waals surface area contributed by atoms with Gasteiger partial charge in [0.05, 0.1) is 12.7 Å². The molecule has 0 rings (SSSR count). The van der Waals surface area contributed by atoms with E-state index in [9.17, 15) is 4.57 Å². The van der Waals surface area contributed by atoms with Gasteiger partial charge in [0, 0.05) is 0 Å². The Kier molecular flexibility index (Phi) is 5.66. The number of aliphatic hydroxyl groups excluding tert-OH is 2. The smallest absolute Gasteiger partial charge is 0.394 e. The molecule has 2 atom stereocenters. The first kappa shape index (κ1) is 13.0. The highest BCUT2D eigenvalue weighted by atomic mass is 31.2. The van der Waals surface area contributed by atoms with E-state index < -0.39 is 26.6 Å². The molecular formula is C5H14NO6P. The van der Waals surface area contributed by atoms with E-state index in [0.717, 1.165) is 0 Å². The van der Waals surface area contributed by atoms with Crippen molar-refractivity contribution in [2.45, 2.75) is 18.6 Å². The van der Waals surface area contributed by atoms with E-state index in [-0.39, 0.29) is 13.0 Å². The van der Waals surface area contributed by atoms with Crippen LogP contribution in [0.3, 0.4) is 0 Å². The molecule has 0 amide bonds. The molecule has 2 unspecified atom stereocenters. The molecule has 0 saturated carbocycles. The SMILES string of the molecule is NCCC(OP(=O)(O)O)C(O)CO. The molecule has 0 bridgehead atoms. The molecule has 0 fully saturated rings. The van der Waals surface area contributed by atoms with Gasteiger partial charge in [0.25, 0.3) is 0 Å². The standard InChI is InChI=1S/C5H14NO6P/c6-2-1-5(4(8)3-7)12-13(9,10)11/h4-5,7-8H,1-3,6H2,(H2,9,10,11). The third-order valence-electron chi connectivity index (χ3n) is 1.34. The number of nitrogens with two attached hydrogens (primary N) is 1. The van der Waals surface area contributed by atoms with Crippen molar-refractivity contribution in [1.29, 1.82) is 0 Å². The van der Waals surface area contributed by atoms with Crippen LogP contribution in [0.15, 0.2) is 0 Å². The van der Waals surface area contributed by atoms with E-state index >= 15 is 0 Å². The first-order chi connectivity index (χ1) is 5.90. The van der Waals surface area contributed by atoms with Crippen LogP contribution in [0, 0.1) is 0 Å². The third kappa shape index (κ3) is 6.11. The van der Waals surface area contributed by atoms with Crippen molar-refractivity contribution < 1.29 is 29.1 Å². The van der Waals surface area contributed by atoms with E-state index in [2.05, 4.69) is 4.52 Å².